The third-order valence-electron chi connectivity index (χ3n) is 2.86. The fourth-order valence-corrected chi connectivity index (χ4v) is 2.85. The average molecular weight is 388 g/mol. The molecule has 2 aromatic rings. The lowest BCUT2D eigenvalue weighted by atomic mass is 10.3. The summed E-state index contributed by atoms with van der Waals surface area (Å²) in [4.78, 5) is 0. The zero-order chi connectivity index (χ0) is 17.5. The van der Waals surface area contributed by atoms with Gasteiger partial charge in [0.1, 0.15) is 34.3 Å². The fraction of sp³-hybridized carbons (Fsp3) is 0.375. The van der Waals surface area contributed by atoms with Crippen molar-refractivity contribution in [2.75, 3.05) is 18.5 Å². The van der Waals surface area contributed by atoms with Gasteiger partial charge in [-0.25, -0.2) is 0 Å². The zero-order valence-electron chi connectivity index (χ0n) is 13.4. The summed E-state index contributed by atoms with van der Waals surface area (Å²) in [5, 5.41) is 23.3. The molecule has 0 bridgehead atoms. The molecule has 1 aromatic heterocycles. The molecular weight excluding hydrogens is 369 g/mol. The molecule has 0 amide bonds. The lowest BCUT2D eigenvalue weighted by Crippen LogP contribution is -2.26. The van der Waals surface area contributed by atoms with Crippen molar-refractivity contribution in [1.82, 2.24) is 10.2 Å². The monoisotopic (exact) mass is 387 g/mol. The molecule has 0 saturated heterocycles. The third kappa shape index (κ3) is 6.02. The Bertz CT molecular complexity index is 656. The van der Waals surface area contributed by atoms with Gasteiger partial charge in [0.25, 0.3) is 0 Å². The molecule has 0 fully saturated rings. The lowest BCUT2D eigenvalue weighted by molar-refractivity contribution is 0.117. The smallest absolute Gasteiger partial charge is 0.148 e. The van der Waals surface area contributed by atoms with Crippen LogP contribution in [0.3, 0.4) is 0 Å². The molecule has 1 aromatic carbocycles. The number of aromatic nitrogens is 2. The van der Waals surface area contributed by atoms with E-state index in [-0.39, 0.29) is 13.2 Å². The first-order valence-corrected chi connectivity index (χ1v) is 9.08. The van der Waals surface area contributed by atoms with Crippen molar-refractivity contribution < 1.29 is 9.84 Å². The van der Waals surface area contributed by atoms with Gasteiger partial charge in [-0.3, -0.25) is 0 Å². The van der Waals surface area contributed by atoms with Gasteiger partial charge in [-0.1, -0.05) is 43.1 Å². The van der Waals surface area contributed by atoms with E-state index >= 15 is 0 Å². The van der Waals surface area contributed by atoms with Crippen LogP contribution >= 0.6 is 35.0 Å². The molecular formula is C16H19Cl2N3O2S. The normalized spacial score (nSPS) is 12.2. The molecule has 0 radical (unpaired) electrons. The second-order valence-electron chi connectivity index (χ2n) is 5.32. The SMILES string of the molecule is CC(C)Sc1ccc(NCC(O)COc2cccc(Cl)c2Cl)nn1. The van der Waals surface area contributed by atoms with Crippen LogP contribution < -0.4 is 10.1 Å². The van der Waals surface area contributed by atoms with Crippen molar-refractivity contribution in [3.05, 3.63) is 40.4 Å². The molecule has 24 heavy (non-hydrogen) atoms. The van der Waals surface area contributed by atoms with E-state index in [1.807, 2.05) is 12.1 Å². The highest BCUT2D eigenvalue weighted by molar-refractivity contribution is 7.99. The van der Waals surface area contributed by atoms with E-state index in [1.54, 1.807) is 30.0 Å². The van der Waals surface area contributed by atoms with E-state index in [0.29, 0.717) is 26.9 Å². The first-order valence-electron chi connectivity index (χ1n) is 7.45. The van der Waals surface area contributed by atoms with E-state index in [1.165, 1.54) is 0 Å². The molecule has 2 N–H and O–H groups in total. The van der Waals surface area contributed by atoms with Gasteiger partial charge in [0.2, 0.25) is 0 Å². The molecule has 5 nitrogen and oxygen atoms in total. The van der Waals surface area contributed by atoms with Gasteiger partial charge in [0.05, 0.1) is 5.02 Å². The molecule has 0 aliphatic rings. The molecule has 130 valence electrons. The second-order valence-corrected chi connectivity index (χ2v) is 7.70. The van der Waals surface area contributed by atoms with Gasteiger partial charge in [0, 0.05) is 11.8 Å². The number of ether oxygens (including phenoxy) is 1. The van der Waals surface area contributed by atoms with Crippen LogP contribution in [-0.2, 0) is 0 Å². The number of aliphatic hydroxyl groups excluding tert-OH is 1. The van der Waals surface area contributed by atoms with Gasteiger partial charge in [-0.2, -0.15) is 0 Å². The van der Waals surface area contributed by atoms with Crippen LogP contribution in [0.25, 0.3) is 0 Å². The van der Waals surface area contributed by atoms with Crippen molar-refractivity contribution >= 4 is 40.8 Å². The number of hydrogen-bond acceptors (Lipinski definition) is 6. The largest absolute Gasteiger partial charge is 0.489 e. The highest BCUT2D eigenvalue weighted by atomic mass is 35.5. The number of benzene rings is 1. The molecule has 8 heteroatoms. The zero-order valence-corrected chi connectivity index (χ0v) is 15.7. The Balaban J connectivity index is 1.78. The summed E-state index contributed by atoms with van der Waals surface area (Å²) in [7, 11) is 0. The Labute approximate surface area is 155 Å². The Morgan fingerprint density at radius 2 is 2.00 bits per heavy atom. The first kappa shape index (κ1) is 19.1. The quantitative estimate of drug-likeness (QED) is 0.663. The summed E-state index contributed by atoms with van der Waals surface area (Å²) in [6.45, 7) is 4.56. The minimum absolute atomic E-state index is 0.0851. The number of rotatable bonds is 8. The molecule has 0 aliphatic heterocycles. The number of nitrogens with zero attached hydrogens (tertiary/aromatic N) is 2. The summed E-state index contributed by atoms with van der Waals surface area (Å²) in [5.74, 6) is 1.04. The number of hydrogen-bond donors (Lipinski definition) is 2. The highest BCUT2D eigenvalue weighted by Crippen LogP contribution is 2.31. The number of aliphatic hydroxyl groups is 1. The standard InChI is InChI=1S/C16H19Cl2N3O2S/c1-10(2)24-15-7-6-14(20-21-15)19-8-11(22)9-23-13-5-3-4-12(17)16(13)18/h3-7,10-11,22H,8-9H2,1-2H3,(H,19,20). The molecule has 1 heterocycles. The maximum Gasteiger partial charge on any atom is 0.148 e. The van der Waals surface area contributed by atoms with Crippen molar-refractivity contribution in [3.8, 4) is 5.75 Å². The Hall–Kier alpha value is -1.21. The summed E-state index contributed by atoms with van der Waals surface area (Å²) in [6, 6.07) is 8.84. The second kappa shape index (κ2) is 9.32. The predicted octanol–water partition coefficient (Wildman–Crippen LogP) is 4.14. The van der Waals surface area contributed by atoms with Crippen molar-refractivity contribution in [3.63, 3.8) is 0 Å². The van der Waals surface area contributed by atoms with Crippen LogP contribution in [0.5, 0.6) is 5.75 Å². The molecule has 0 spiro atoms. The molecule has 0 aliphatic carbocycles. The van der Waals surface area contributed by atoms with Crippen LogP contribution in [-0.4, -0.2) is 39.8 Å². The maximum absolute atomic E-state index is 9.99. The highest BCUT2D eigenvalue weighted by Gasteiger charge is 2.10. The number of thioether (sulfide) groups is 1. The summed E-state index contributed by atoms with van der Waals surface area (Å²) in [5.41, 5.74) is 0. The summed E-state index contributed by atoms with van der Waals surface area (Å²) in [6.07, 6.45) is -0.730. The molecule has 2 rings (SSSR count). The van der Waals surface area contributed by atoms with Gasteiger partial charge in [-0.15, -0.1) is 22.0 Å². The van der Waals surface area contributed by atoms with Crippen LogP contribution in [0.2, 0.25) is 10.0 Å². The lowest BCUT2D eigenvalue weighted by Gasteiger charge is -2.14. The Morgan fingerprint density at radius 1 is 1.21 bits per heavy atom. The average Bonchev–Trinajstić information content (AvgIpc) is 2.55. The Kier molecular flexibility index (Phi) is 7.42. The number of nitrogens with one attached hydrogen (secondary N) is 1. The van der Waals surface area contributed by atoms with Gasteiger partial charge in [0.15, 0.2) is 0 Å². The van der Waals surface area contributed by atoms with Gasteiger partial charge in [-0.05, 0) is 24.3 Å². The van der Waals surface area contributed by atoms with Gasteiger partial charge < -0.3 is 15.2 Å². The predicted molar refractivity (Wildman–Crippen MR) is 99.5 cm³/mol. The minimum atomic E-state index is -0.730. The van der Waals surface area contributed by atoms with Crippen molar-refractivity contribution in [2.24, 2.45) is 0 Å². The van der Waals surface area contributed by atoms with Crippen LogP contribution in [0, 0.1) is 0 Å². The van der Waals surface area contributed by atoms with Crippen molar-refractivity contribution in [2.45, 2.75) is 30.2 Å². The van der Waals surface area contributed by atoms with Crippen LogP contribution in [0.4, 0.5) is 5.82 Å². The van der Waals surface area contributed by atoms with E-state index in [9.17, 15) is 5.11 Å². The van der Waals surface area contributed by atoms with Crippen LogP contribution in [0.1, 0.15) is 13.8 Å². The minimum Gasteiger partial charge on any atom is -0.489 e. The topological polar surface area (TPSA) is 67.3 Å². The summed E-state index contributed by atoms with van der Waals surface area (Å²) < 4.78 is 5.48. The molecule has 1 unspecified atom stereocenters. The number of anilines is 1. The van der Waals surface area contributed by atoms with E-state index in [4.69, 9.17) is 27.9 Å². The first-order chi connectivity index (χ1) is 11.5. The fourth-order valence-electron chi connectivity index (χ4n) is 1.78. The molecule has 1 atom stereocenters. The van der Waals surface area contributed by atoms with Gasteiger partial charge >= 0.3 is 0 Å². The summed E-state index contributed by atoms with van der Waals surface area (Å²) >= 11 is 13.6. The van der Waals surface area contributed by atoms with Crippen LogP contribution in [0.15, 0.2) is 35.4 Å². The maximum atomic E-state index is 9.99. The Morgan fingerprint density at radius 3 is 2.67 bits per heavy atom. The third-order valence-corrected chi connectivity index (χ3v) is 4.59. The van der Waals surface area contributed by atoms with E-state index in [0.717, 1.165) is 5.03 Å². The molecule has 0 saturated carbocycles. The van der Waals surface area contributed by atoms with E-state index < -0.39 is 6.10 Å². The number of halogens is 2. The van der Waals surface area contributed by atoms with Crippen molar-refractivity contribution in [1.29, 1.82) is 0 Å². The van der Waals surface area contributed by atoms with E-state index in [2.05, 4.69) is 29.4 Å².